The monoisotopic (exact) mass is 491 g/mol. The number of carbonyl (C=O) groups is 2. The molecule has 36 heavy (non-hydrogen) atoms. The first-order valence-corrected chi connectivity index (χ1v) is 13.2. The number of likely N-dealkylation sites (tertiary alicyclic amines) is 1. The number of rotatable bonds is 5. The van der Waals surface area contributed by atoms with Crippen LogP contribution in [0.2, 0.25) is 0 Å². The molecule has 0 N–H and O–H groups in total. The molecule has 2 bridgehead atoms. The minimum atomic E-state index is -0.557. The molecule has 0 aromatic heterocycles. The van der Waals surface area contributed by atoms with E-state index in [9.17, 15) is 9.59 Å². The number of hydrogen-bond donors (Lipinski definition) is 0. The van der Waals surface area contributed by atoms with E-state index >= 15 is 0 Å². The first kappa shape index (κ1) is 24.7. The third kappa shape index (κ3) is 4.70. The van der Waals surface area contributed by atoms with Gasteiger partial charge in [-0.25, -0.2) is 4.79 Å². The summed E-state index contributed by atoms with van der Waals surface area (Å²) in [6.45, 7) is 6.41. The zero-order valence-electron chi connectivity index (χ0n) is 21.6. The molecular formula is C30H37NO5. The number of esters is 1. The Kier molecular flexibility index (Phi) is 6.71. The predicted octanol–water partition coefficient (Wildman–Crippen LogP) is 6.01. The van der Waals surface area contributed by atoms with E-state index in [1.165, 1.54) is 24.0 Å². The minimum absolute atomic E-state index is 0.0637. The zero-order valence-corrected chi connectivity index (χ0v) is 21.6. The van der Waals surface area contributed by atoms with Crippen molar-refractivity contribution < 1.29 is 23.8 Å². The van der Waals surface area contributed by atoms with Crippen LogP contribution in [0.3, 0.4) is 0 Å². The van der Waals surface area contributed by atoms with Crippen molar-refractivity contribution in [2.75, 3.05) is 13.3 Å². The Hall–Kier alpha value is -3.02. The first-order valence-electron chi connectivity index (χ1n) is 13.2. The number of amides is 1. The highest BCUT2D eigenvalue weighted by Gasteiger charge is 2.55. The normalized spacial score (nSPS) is 24.8. The van der Waals surface area contributed by atoms with Gasteiger partial charge in [-0.2, -0.15) is 0 Å². The molecule has 1 amide bonds. The van der Waals surface area contributed by atoms with Gasteiger partial charge in [0.05, 0.1) is 5.41 Å². The highest BCUT2D eigenvalue weighted by atomic mass is 16.7. The number of nitrogens with zero attached hydrogens (tertiary/aromatic N) is 1. The van der Waals surface area contributed by atoms with Crippen molar-refractivity contribution in [3.8, 4) is 5.75 Å². The van der Waals surface area contributed by atoms with Crippen LogP contribution in [-0.4, -0.2) is 36.3 Å². The van der Waals surface area contributed by atoms with Crippen LogP contribution in [0, 0.1) is 11.3 Å². The van der Waals surface area contributed by atoms with Gasteiger partial charge >= 0.3 is 12.1 Å². The Morgan fingerprint density at radius 3 is 2.61 bits per heavy atom. The molecule has 6 heteroatoms. The van der Waals surface area contributed by atoms with Gasteiger partial charge in [-0.15, -0.1) is 0 Å². The van der Waals surface area contributed by atoms with Crippen LogP contribution in [0.15, 0.2) is 48.5 Å². The molecule has 5 rings (SSSR count). The van der Waals surface area contributed by atoms with Gasteiger partial charge in [0.2, 0.25) is 6.79 Å². The van der Waals surface area contributed by atoms with Crippen molar-refractivity contribution >= 4 is 12.1 Å². The third-order valence-corrected chi connectivity index (χ3v) is 8.28. The second-order valence-corrected chi connectivity index (χ2v) is 11.5. The first-order chi connectivity index (χ1) is 17.3. The topological polar surface area (TPSA) is 65.1 Å². The van der Waals surface area contributed by atoms with Crippen molar-refractivity contribution in [3.05, 3.63) is 65.2 Å². The van der Waals surface area contributed by atoms with Crippen molar-refractivity contribution in [2.45, 2.75) is 77.4 Å². The standard InChI is InChI=1S/C30H37NO5/c1-29(2,3)27(32)36-20-35-23-13-12-22-17-26-24-11-7-8-14-30(24,25(22)18-23)15-16-31(26)28(33)34-19-21-9-5-4-6-10-21/h4-6,9-10,12-13,18,24,26H,7-8,11,14-17,19-20H2,1-3H3/t24-,26+,30+/m1/s1. The van der Waals surface area contributed by atoms with Crippen molar-refractivity contribution in [1.29, 1.82) is 0 Å². The summed E-state index contributed by atoms with van der Waals surface area (Å²) in [4.78, 5) is 27.3. The molecule has 3 atom stereocenters. The predicted molar refractivity (Wildman–Crippen MR) is 137 cm³/mol. The summed E-state index contributed by atoms with van der Waals surface area (Å²) in [5, 5.41) is 0. The van der Waals surface area contributed by atoms with E-state index < -0.39 is 5.41 Å². The van der Waals surface area contributed by atoms with Crippen molar-refractivity contribution in [3.63, 3.8) is 0 Å². The van der Waals surface area contributed by atoms with Crippen LogP contribution in [0.25, 0.3) is 0 Å². The highest BCUT2D eigenvalue weighted by Crippen LogP contribution is 2.56. The van der Waals surface area contributed by atoms with E-state index in [-0.39, 0.29) is 30.3 Å². The van der Waals surface area contributed by atoms with Gasteiger partial charge in [0.1, 0.15) is 12.4 Å². The maximum Gasteiger partial charge on any atom is 0.410 e. The van der Waals surface area contributed by atoms with Crippen LogP contribution < -0.4 is 4.74 Å². The molecule has 2 aromatic carbocycles. The Bertz CT molecular complexity index is 1110. The third-order valence-electron chi connectivity index (χ3n) is 8.28. The van der Waals surface area contributed by atoms with E-state index in [1.54, 1.807) is 0 Å². The average molecular weight is 492 g/mol. The van der Waals surface area contributed by atoms with E-state index in [1.807, 2.05) is 62.1 Å². The minimum Gasteiger partial charge on any atom is -0.457 e. The second-order valence-electron chi connectivity index (χ2n) is 11.5. The Balaban J connectivity index is 1.33. The summed E-state index contributed by atoms with van der Waals surface area (Å²) in [5.74, 6) is 0.879. The molecule has 2 aliphatic carbocycles. The quantitative estimate of drug-likeness (QED) is 0.379. The maximum absolute atomic E-state index is 13.2. The smallest absolute Gasteiger partial charge is 0.410 e. The average Bonchev–Trinajstić information content (AvgIpc) is 2.87. The number of hydrogen-bond acceptors (Lipinski definition) is 5. The summed E-state index contributed by atoms with van der Waals surface area (Å²) in [5.41, 5.74) is 3.16. The molecule has 1 saturated carbocycles. The Labute approximate surface area is 213 Å². The van der Waals surface area contributed by atoms with Crippen LogP contribution in [0.1, 0.15) is 69.6 Å². The fourth-order valence-corrected chi connectivity index (χ4v) is 6.47. The summed E-state index contributed by atoms with van der Waals surface area (Å²) in [6, 6.07) is 16.3. The molecule has 3 aliphatic rings. The van der Waals surface area contributed by atoms with Crippen LogP contribution in [-0.2, 0) is 32.7 Å². The molecule has 0 spiro atoms. The molecule has 2 fully saturated rings. The Morgan fingerprint density at radius 2 is 1.83 bits per heavy atom. The molecule has 6 nitrogen and oxygen atoms in total. The van der Waals surface area contributed by atoms with E-state index in [4.69, 9.17) is 14.2 Å². The lowest BCUT2D eigenvalue weighted by Crippen LogP contribution is -2.62. The number of carbonyl (C=O) groups excluding carboxylic acids is 2. The number of ether oxygens (including phenoxy) is 3. The number of benzene rings is 2. The second kappa shape index (κ2) is 9.79. The van der Waals surface area contributed by atoms with E-state index in [0.717, 1.165) is 37.0 Å². The van der Waals surface area contributed by atoms with Gasteiger partial charge in [0.15, 0.2) is 0 Å². The van der Waals surface area contributed by atoms with E-state index in [0.29, 0.717) is 19.1 Å². The number of piperidine rings is 1. The van der Waals surface area contributed by atoms with Crippen LogP contribution in [0.5, 0.6) is 5.75 Å². The molecule has 1 saturated heterocycles. The molecule has 0 radical (unpaired) electrons. The summed E-state index contributed by atoms with van der Waals surface area (Å²) < 4.78 is 16.9. The fourth-order valence-electron chi connectivity index (χ4n) is 6.47. The summed E-state index contributed by atoms with van der Waals surface area (Å²) in [6.07, 6.45) is 6.23. The van der Waals surface area contributed by atoms with Crippen LogP contribution >= 0.6 is 0 Å². The lowest BCUT2D eigenvalue weighted by molar-refractivity contribution is -0.159. The van der Waals surface area contributed by atoms with Gasteiger partial charge in [-0.3, -0.25) is 4.79 Å². The number of fused-ring (bicyclic) bond motifs is 1. The molecule has 2 aromatic rings. The summed E-state index contributed by atoms with van der Waals surface area (Å²) >= 11 is 0. The lowest BCUT2D eigenvalue weighted by Gasteiger charge is -2.58. The van der Waals surface area contributed by atoms with Gasteiger partial charge in [-0.1, -0.05) is 49.2 Å². The molecule has 192 valence electrons. The zero-order chi connectivity index (χ0) is 25.3. The van der Waals surface area contributed by atoms with E-state index in [2.05, 4.69) is 12.1 Å². The van der Waals surface area contributed by atoms with Crippen molar-refractivity contribution in [2.24, 2.45) is 11.3 Å². The fraction of sp³-hybridized carbons (Fsp3) is 0.533. The van der Waals surface area contributed by atoms with Gasteiger partial charge in [0.25, 0.3) is 0 Å². The van der Waals surface area contributed by atoms with Gasteiger partial charge in [0, 0.05) is 18.0 Å². The molecular weight excluding hydrogens is 454 g/mol. The van der Waals surface area contributed by atoms with Crippen molar-refractivity contribution in [1.82, 2.24) is 4.90 Å². The molecule has 1 aliphatic heterocycles. The highest BCUT2D eigenvalue weighted by molar-refractivity contribution is 5.75. The largest absolute Gasteiger partial charge is 0.457 e. The molecule has 0 unspecified atom stereocenters. The van der Waals surface area contributed by atoms with Gasteiger partial charge < -0.3 is 19.1 Å². The Morgan fingerprint density at radius 1 is 1.03 bits per heavy atom. The maximum atomic E-state index is 13.2. The SMILES string of the molecule is CC(C)(C)C(=O)OCOc1ccc2c(c1)[C@]13CCCC[C@@H]1[C@H](C2)N(C(=O)OCc1ccccc1)CC3. The summed E-state index contributed by atoms with van der Waals surface area (Å²) in [7, 11) is 0. The lowest BCUT2D eigenvalue weighted by atomic mass is 9.52. The van der Waals surface area contributed by atoms with Crippen LogP contribution in [0.4, 0.5) is 4.79 Å². The van der Waals surface area contributed by atoms with Gasteiger partial charge in [-0.05, 0) is 81.2 Å². The molecule has 1 heterocycles.